The summed E-state index contributed by atoms with van der Waals surface area (Å²) in [4.78, 5) is 29.1. The van der Waals surface area contributed by atoms with Crippen molar-refractivity contribution in [3.8, 4) is 5.75 Å². The molecule has 25 heavy (non-hydrogen) atoms. The third kappa shape index (κ3) is 3.43. The Balaban J connectivity index is 1.82. The quantitative estimate of drug-likeness (QED) is 0.515. The number of nitro benzene ring substituents is 1. The van der Waals surface area contributed by atoms with Gasteiger partial charge in [0.05, 0.1) is 28.8 Å². The molecule has 8 heteroatoms. The van der Waals surface area contributed by atoms with Crippen LogP contribution < -0.4 is 4.74 Å². The Morgan fingerprint density at radius 1 is 1.32 bits per heavy atom. The zero-order valence-corrected chi connectivity index (χ0v) is 14.4. The Hall–Kier alpha value is -3.00. The molecule has 0 unspecified atom stereocenters. The van der Waals surface area contributed by atoms with E-state index in [0.717, 1.165) is 15.2 Å². The van der Waals surface area contributed by atoms with Gasteiger partial charge in [0.15, 0.2) is 5.75 Å². The first-order valence-corrected chi connectivity index (χ1v) is 8.23. The summed E-state index contributed by atoms with van der Waals surface area (Å²) in [6, 6.07) is 11.9. The highest BCUT2D eigenvalue weighted by Gasteiger charge is 2.20. The predicted octanol–water partition coefficient (Wildman–Crippen LogP) is 3.49. The van der Waals surface area contributed by atoms with Crippen molar-refractivity contribution in [2.24, 2.45) is 0 Å². The van der Waals surface area contributed by atoms with Gasteiger partial charge in [-0.15, -0.1) is 11.3 Å². The van der Waals surface area contributed by atoms with Gasteiger partial charge in [0.25, 0.3) is 5.91 Å². The number of nitrogens with zero attached hydrogens (tertiary/aromatic N) is 3. The summed E-state index contributed by atoms with van der Waals surface area (Å²) in [7, 11) is 2.99. The number of carbonyl (C=O) groups excluding carboxylic acids is 1. The monoisotopic (exact) mass is 357 g/mol. The zero-order valence-electron chi connectivity index (χ0n) is 13.6. The summed E-state index contributed by atoms with van der Waals surface area (Å²) < 4.78 is 6.01. The molecule has 1 aromatic heterocycles. The Bertz CT molecular complexity index is 921. The van der Waals surface area contributed by atoms with E-state index in [1.807, 2.05) is 24.3 Å². The van der Waals surface area contributed by atoms with Crippen LogP contribution in [-0.2, 0) is 6.54 Å². The lowest BCUT2D eigenvalue weighted by Crippen LogP contribution is -2.26. The highest BCUT2D eigenvalue weighted by atomic mass is 32.1. The number of hydrogen-bond donors (Lipinski definition) is 0. The number of ether oxygens (including phenoxy) is 1. The molecule has 0 spiro atoms. The minimum Gasteiger partial charge on any atom is -0.490 e. The van der Waals surface area contributed by atoms with E-state index in [4.69, 9.17) is 4.74 Å². The van der Waals surface area contributed by atoms with Crippen LogP contribution in [0.15, 0.2) is 42.5 Å². The molecule has 0 aliphatic rings. The number of thiazole rings is 1. The van der Waals surface area contributed by atoms with Crippen molar-refractivity contribution in [2.75, 3.05) is 14.2 Å². The van der Waals surface area contributed by atoms with Crippen molar-refractivity contribution in [3.63, 3.8) is 0 Å². The highest BCUT2D eigenvalue weighted by Crippen LogP contribution is 2.28. The molecule has 128 valence electrons. The second-order valence-corrected chi connectivity index (χ2v) is 6.50. The largest absolute Gasteiger partial charge is 0.490 e. The maximum Gasteiger partial charge on any atom is 0.311 e. The predicted molar refractivity (Wildman–Crippen MR) is 95.1 cm³/mol. The van der Waals surface area contributed by atoms with Gasteiger partial charge >= 0.3 is 5.69 Å². The van der Waals surface area contributed by atoms with Crippen LogP contribution in [-0.4, -0.2) is 34.9 Å². The van der Waals surface area contributed by atoms with Gasteiger partial charge in [-0.05, 0) is 24.3 Å². The van der Waals surface area contributed by atoms with E-state index in [0.29, 0.717) is 6.54 Å². The van der Waals surface area contributed by atoms with Crippen LogP contribution in [0.1, 0.15) is 15.4 Å². The average molecular weight is 357 g/mol. The first kappa shape index (κ1) is 16.8. The van der Waals surface area contributed by atoms with E-state index in [9.17, 15) is 14.9 Å². The minimum atomic E-state index is -0.566. The Labute approximate surface area is 147 Å². The molecule has 0 aliphatic heterocycles. The number of benzene rings is 2. The summed E-state index contributed by atoms with van der Waals surface area (Å²) in [5.41, 5.74) is 0.890. The third-order valence-corrected chi connectivity index (χ3v) is 4.70. The number of methoxy groups -OCH3 is 1. The van der Waals surface area contributed by atoms with Crippen molar-refractivity contribution < 1.29 is 14.5 Å². The fourth-order valence-electron chi connectivity index (χ4n) is 2.45. The van der Waals surface area contributed by atoms with Crippen LogP contribution in [0.3, 0.4) is 0 Å². The fourth-order valence-corrected chi connectivity index (χ4v) is 3.47. The molecular formula is C17H15N3O4S. The molecule has 1 amide bonds. The van der Waals surface area contributed by atoms with Crippen molar-refractivity contribution in [2.45, 2.75) is 6.54 Å². The number of amides is 1. The van der Waals surface area contributed by atoms with Crippen LogP contribution in [0, 0.1) is 10.1 Å². The molecule has 3 aromatic rings. The molecule has 2 aromatic carbocycles. The standard InChI is InChI=1S/C17H15N3O4S/c1-19(10-16-18-12-5-3-4-6-15(12)25-16)17(21)11-7-8-14(24-2)13(9-11)20(22)23/h3-9H,10H2,1-2H3. The molecule has 0 N–H and O–H groups in total. The van der Waals surface area contributed by atoms with Gasteiger partial charge in [-0.1, -0.05) is 12.1 Å². The molecule has 1 heterocycles. The number of carbonyl (C=O) groups is 1. The van der Waals surface area contributed by atoms with Crippen molar-refractivity contribution in [1.82, 2.24) is 9.88 Å². The van der Waals surface area contributed by atoms with E-state index >= 15 is 0 Å². The van der Waals surface area contributed by atoms with E-state index < -0.39 is 4.92 Å². The molecule has 0 saturated carbocycles. The number of hydrogen-bond acceptors (Lipinski definition) is 6. The molecule has 0 atom stereocenters. The lowest BCUT2D eigenvalue weighted by Gasteiger charge is -2.15. The van der Waals surface area contributed by atoms with Crippen molar-refractivity contribution in [1.29, 1.82) is 0 Å². The lowest BCUT2D eigenvalue weighted by molar-refractivity contribution is -0.385. The van der Waals surface area contributed by atoms with Gasteiger partial charge in [0, 0.05) is 18.7 Å². The van der Waals surface area contributed by atoms with Crippen molar-refractivity contribution in [3.05, 3.63) is 63.1 Å². The van der Waals surface area contributed by atoms with Gasteiger partial charge in [-0.25, -0.2) is 4.98 Å². The summed E-state index contributed by atoms with van der Waals surface area (Å²) in [5, 5.41) is 11.9. The van der Waals surface area contributed by atoms with Gasteiger partial charge < -0.3 is 9.64 Å². The molecule has 0 fully saturated rings. The maximum atomic E-state index is 12.6. The minimum absolute atomic E-state index is 0.121. The molecule has 0 bridgehead atoms. The third-order valence-electron chi connectivity index (χ3n) is 3.68. The summed E-state index contributed by atoms with van der Waals surface area (Å²) in [6.45, 7) is 0.331. The highest BCUT2D eigenvalue weighted by molar-refractivity contribution is 7.18. The Kier molecular flexibility index (Phi) is 4.62. The van der Waals surface area contributed by atoms with Crippen LogP contribution in [0.4, 0.5) is 5.69 Å². The van der Waals surface area contributed by atoms with Gasteiger partial charge in [-0.3, -0.25) is 14.9 Å². The van der Waals surface area contributed by atoms with Gasteiger partial charge in [-0.2, -0.15) is 0 Å². The van der Waals surface area contributed by atoms with E-state index in [-0.39, 0.29) is 22.9 Å². The summed E-state index contributed by atoms with van der Waals surface area (Å²) >= 11 is 1.52. The number of aromatic nitrogens is 1. The Morgan fingerprint density at radius 2 is 2.08 bits per heavy atom. The van der Waals surface area contributed by atoms with E-state index in [1.54, 1.807) is 7.05 Å². The SMILES string of the molecule is COc1ccc(C(=O)N(C)Cc2nc3ccccc3s2)cc1[N+](=O)[O-]. The van der Waals surface area contributed by atoms with E-state index in [1.165, 1.54) is 41.5 Å². The second-order valence-electron chi connectivity index (χ2n) is 5.38. The Morgan fingerprint density at radius 3 is 2.76 bits per heavy atom. The number of para-hydroxylation sites is 1. The summed E-state index contributed by atoms with van der Waals surface area (Å²) in [5.74, 6) is -0.194. The van der Waals surface area contributed by atoms with Gasteiger partial charge in [0.2, 0.25) is 0 Å². The molecule has 0 saturated heterocycles. The first-order chi connectivity index (χ1) is 12.0. The number of nitro groups is 1. The molecule has 0 radical (unpaired) electrons. The van der Waals surface area contributed by atoms with E-state index in [2.05, 4.69) is 4.98 Å². The summed E-state index contributed by atoms with van der Waals surface area (Å²) in [6.07, 6.45) is 0. The zero-order chi connectivity index (χ0) is 18.0. The fraction of sp³-hybridized carbons (Fsp3) is 0.176. The molecule has 0 aliphatic carbocycles. The molecule has 3 rings (SSSR count). The number of rotatable bonds is 5. The molecular weight excluding hydrogens is 342 g/mol. The van der Waals surface area contributed by atoms with Gasteiger partial charge in [0.1, 0.15) is 5.01 Å². The van der Waals surface area contributed by atoms with Crippen LogP contribution >= 0.6 is 11.3 Å². The van der Waals surface area contributed by atoms with Crippen LogP contribution in [0.25, 0.3) is 10.2 Å². The first-order valence-electron chi connectivity index (χ1n) is 7.42. The van der Waals surface area contributed by atoms with Crippen LogP contribution in [0.5, 0.6) is 5.75 Å². The molecule has 7 nitrogen and oxygen atoms in total. The van der Waals surface area contributed by atoms with Crippen LogP contribution in [0.2, 0.25) is 0 Å². The maximum absolute atomic E-state index is 12.6. The topological polar surface area (TPSA) is 85.6 Å². The smallest absolute Gasteiger partial charge is 0.311 e. The number of fused-ring (bicyclic) bond motifs is 1. The average Bonchev–Trinajstić information content (AvgIpc) is 3.02. The second kappa shape index (κ2) is 6.86. The normalized spacial score (nSPS) is 10.6. The lowest BCUT2D eigenvalue weighted by atomic mass is 10.1. The van der Waals surface area contributed by atoms with Crippen molar-refractivity contribution >= 4 is 33.1 Å².